The molecule has 0 radical (unpaired) electrons. The van der Waals surface area contributed by atoms with Crippen molar-refractivity contribution in [1.29, 1.82) is 0 Å². The topological polar surface area (TPSA) is 65.0 Å². The fourth-order valence-corrected chi connectivity index (χ4v) is 7.07. The van der Waals surface area contributed by atoms with Crippen molar-refractivity contribution in [2.45, 2.75) is 142 Å². The first-order valence-corrected chi connectivity index (χ1v) is 24.7. The maximum Gasteiger partial charge on any atom is 0.192 e. The number of H-pyrrole nitrogens is 1. The van der Waals surface area contributed by atoms with Gasteiger partial charge in [-0.3, -0.25) is 0 Å². The average molecular weight is 802 g/mol. The van der Waals surface area contributed by atoms with E-state index in [1.54, 1.807) is 18.5 Å². The molecule has 0 saturated heterocycles. The number of nitrogens with zero attached hydrogens (tertiary/aromatic N) is 3. The summed E-state index contributed by atoms with van der Waals surface area (Å²) in [5.41, 5.74) is 6.49. The van der Waals surface area contributed by atoms with E-state index in [-0.39, 0.29) is 21.7 Å². The summed E-state index contributed by atoms with van der Waals surface area (Å²) in [6.07, 6.45) is 12.7. The first kappa shape index (κ1) is 41.3. The Bertz CT molecular complexity index is 1750. The first-order chi connectivity index (χ1) is 23.6. The Morgan fingerprint density at radius 2 is 1.31 bits per heavy atom. The van der Waals surface area contributed by atoms with E-state index in [0.717, 1.165) is 32.9 Å². The molecule has 6 rings (SSSR count). The molecule has 11 heteroatoms. The normalized spacial score (nSPS) is 15.2. The second-order valence-electron chi connectivity index (χ2n) is 17.3. The summed E-state index contributed by atoms with van der Waals surface area (Å²) in [5, 5.41) is 0.256. The maximum atomic E-state index is 14.5. The lowest BCUT2D eigenvalue weighted by atomic mass is 10.1. The highest BCUT2D eigenvalue weighted by Gasteiger charge is 2.38. The molecular weight excluding hydrogens is 743 g/mol. The van der Waals surface area contributed by atoms with Gasteiger partial charge in [-0.2, -0.15) is 0 Å². The second kappa shape index (κ2) is 16.3. The molecule has 51 heavy (non-hydrogen) atoms. The van der Waals surface area contributed by atoms with E-state index in [4.69, 9.17) is 8.85 Å². The summed E-state index contributed by atoms with van der Waals surface area (Å²) >= 11 is 3.43. The summed E-state index contributed by atoms with van der Waals surface area (Å²) in [5.74, 6) is 1.05. The zero-order valence-electron chi connectivity index (χ0n) is 32.8. The number of aryl methyl sites for hydroxylation is 2. The van der Waals surface area contributed by atoms with Crippen LogP contribution in [0.3, 0.4) is 0 Å². The van der Waals surface area contributed by atoms with Crippen molar-refractivity contribution >= 4 is 32.6 Å². The Labute approximate surface area is 315 Å². The van der Waals surface area contributed by atoms with Crippen LogP contribution in [0.1, 0.15) is 113 Å². The molecule has 0 amide bonds. The molecule has 280 valence electrons. The van der Waals surface area contributed by atoms with Crippen molar-refractivity contribution in [3.8, 4) is 5.69 Å². The van der Waals surface area contributed by atoms with Gasteiger partial charge in [-0.05, 0) is 111 Å². The van der Waals surface area contributed by atoms with E-state index in [9.17, 15) is 8.78 Å². The Morgan fingerprint density at radius 1 is 0.804 bits per heavy atom. The zero-order valence-corrected chi connectivity index (χ0v) is 36.4. The number of aromatic amines is 1. The predicted octanol–water partition coefficient (Wildman–Crippen LogP) is 12.4. The highest BCUT2D eigenvalue weighted by Crippen LogP contribution is 2.41. The molecule has 2 aromatic heterocycles. The average Bonchev–Trinajstić information content (AvgIpc) is 3.95. The predicted molar refractivity (Wildman–Crippen MR) is 214 cm³/mol. The van der Waals surface area contributed by atoms with Crippen LogP contribution < -0.4 is 0 Å². The molecule has 1 N–H and O–H groups in total. The fraction of sp³-hybridized carbons (Fsp3) is 0.550. The minimum atomic E-state index is -1.91. The van der Waals surface area contributed by atoms with Crippen LogP contribution in [0, 0.1) is 25.5 Å². The Balaban J connectivity index is 0.000000194. The molecular formula is C40H59BrF2N4O2Si2. The minimum absolute atomic E-state index is 0.112. The SMILES string of the molecule is Cc1cc(F)c(CO[Si](C)(C)C(C)(C)C)cc1-n1cnc(C2CC2)c1.Cc1cc(F)c(CO[Si](C)(C)C(C)(C)C)cc1Br.c1ncc(C2CC2)[nH]1. The van der Waals surface area contributed by atoms with Crippen LogP contribution >= 0.6 is 15.9 Å². The maximum absolute atomic E-state index is 14.5. The quantitative estimate of drug-likeness (QED) is 0.171. The third-order valence-electron chi connectivity index (χ3n) is 10.9. The highest BCUT2D eigenvalue weighted by atomic mass is 79.9. The summed E-state index contributed by atoms with van der Waals surface area (Å²) < 4.78 is 43.5. The number of aromatic nitrogens is 4. The smallest absolute Gasteiger partial charge is 0.192 e. The van der Waals surface area contributed by atoms with Crippen molar-refractivity contribution < 1.29 is 17.6 Å². The Hall–Kier alpha value is -2.45. The van der Waals surface area contributed by atoms with Gasteiger partial charge in [-0.25, -0.2) is 18.7 Å². The van der Waals surface area contributed by atoms with Gasteiger partial charge in [0.25, 0.3) is 0 Å². The number of halogens is 3. The molecule has 2 saturated carbocycles. The molecule has 2 aromatic carbocycles. The number of benzene rings is 2. The van der Waals surface area contributed by atoms with Crippen LogP contribution in [0.2, 0.25) is 36.3 Å². The second-order valence-corrected chi connectivity index (χ2v) is 27.8. The monoisotopic (exact) mass is 800 g/mol. The van der Waals surface area contributed by atoms with Crippen LogP contribution in [-0.2, 0) is 22.1 Å². The first-order valence-electron chi connectivity index (χ1n) is 18.1. The molecule has 4 aromatic rings. The summed E-state index contributed by atoms with van der Waals surface area (Å²) in [6, 6.07) is 6.89. The van der Waals surface area contributed by atoms with Crippen molar-refractivity contribution in [2.24, 2.45) is 0 Å². The van der Waals surface area contributed by atoms with E-state index < -0.39 is 16.6 Å². The van der Waals surface area contributed by atoms with E-state index in [1.807, 2.05) is 43.1 Å². The Kier molecular flexibility index (Phi) is 13.2. The minimum Gasteiger partial charge on any atom is -0.412 e. The molecule has 0 atom stereocenters. The van der Waals surface area contributed by atoms with Crippen molar-refractivity contribution in [2.75, 3.05) is 0 Å². The molecule has 6 nitrogen and oxygen atoms in total. The molecule has 2 aliphatic carbocycles. The van der Waals surface area contributed by atoms with Gasteiger partial charge in [0.05, 0.1) is 31.6 Å². The summed E-state index contributed by atoms with van der Waals surface area (Å²) in [6.45, 7) is 26.4. The van der Waals surface area contributed by atoms with E-state index in [1.165, 1.54) is 31.4 Å². The van der Waals surface area contributed by atoms with Gasteiger partial charge < -0.3 is 18.4 Å². The van der Waals surface area contributed by atoms with E-state index in [2.05, 4.69) is 105 Å². The molecule has 2 heterocycles. The summed E-state index contributed by atoms with van der Waals surface area (Å²) in [4.78, 5) is 11.5. The van der Waals surface area contributed by atoms with Crippen LogP contribution in [0.4, 0.5) is 8.78 Å². The standard InChI is InChI=1S/C20H29FN2OSi.C14H22BrFOSi.C6H8N2/c1-14-9-17(21)16(12-24-25(5,6)20(2,3)4)10-19(14)23-11-18(22-13-23)15-7-8-15;1-10-7-13(16)11(8-12(10)15)9-17-18(5,6)14(2,3)4;1-2-5(1)6-3-7-4-8-6/h9-11,13,15H,7-8,12H2,1-6H3;7-8H,9H2,1-6H3;3-5H,1-2H2,(H,7,8). The third kappa shape index (κ3) is 11.3. The molecule has 0 bridgehead atoms. The highest BCUT2D eigenvalue weighted by molar-refractivity contribution is 9.10. The lowest BCUT2D eigenvalue weighted by Crippen LogP contribution is -2.40. The van der Waals surface area contributed by atoms with Crippen LogP contribution in [0.5, 0.6) is 0 Å². The third-order valence-corrected chi connectivity index (χ3v) is 20.7. The van der Waals surface area contributed by atoms with Crippen LogP contribution in [-0.4, -0.2) is 36.2 Å². The van der Waals surface area contributed by atoms with Crippen molar-refractivity contribution in [3.63, 3.8) is 0 Å². The number of hydrogen-bond acceptors (Lipinski definition) is 4. The zero-order chi connectivity index (χ0) is 37.9. The van der Waals surface area contributed by atoms with E-state index >= 15 is 0 Å². The lowest BCUT2D eigenvalue weighted by molar-refractivity contribution is 0.271. The Morgan fingerprint density at radius 3 is 1.78 bits per heavy atom. The van der Waals surface area contributed by atoms with Gasteiger partial charge in [-0.15, -0.1) is 0 Å². The van der Waals surface area contributed by atoms with Gasteiger partial charge in [0.2, 0.25) is 0 Å². The molecule has 2 aliphatic rings. The summed E-state index contributed by atoms with van der Waals surface area (Å²) in [7, 11) is -3.73. The van der Waals surface area contributed by atoms with Crippen LogP contribution in [0.15, 0.2) is 53.8 Å². The lowest BCUT2D eigenvalue weighted by Gasteiger charge is -2.36. The number of hydrogen-bond donors (Lipinski definition) is 1. The largest absolute Gasteiger partial charge is 0.412 e. The fourth-order valence-electron chi connectivity index (χ4n) is 4.78. The molecule has 0 aliphatic heterocycles. The van der Waals surface area contributed by atoms with Gasteiger partial charge in [0, 0.05) is 51.2 Å². The van der Waals surface area contributed by atoms with Gasteiger partial charge >= 0.3 is 0 Å². The molecule has 2 fully saturated rings. The van der Waals surface area contributed by atoms with Gasteiger partial charge in [0.1, 0.15) is 11.6 Å². The number of rotatable bonds is 9. The number of imidazole rings is 2. The van der Waals surface area contributed by atoms with E-state index in [0.29, 0.717) is 30.3 Å². The molecule has 0 unspecified atom stereocenters. The van der Waals surface area contributed by atoms with Crippen molar-refractivity contribution in [3.05, 3.63) is 99.1 Å². The van der Waals surface area contributed by atoms with Gasteiger partial charge in [-0.1, -0.05) is 57.5 Å². The van der Waals surface area contributed by atoms with Crippen molar-refractivity contribution in [1.82, 2.24) is 19.5 Å². The molecule has 0 spiro atoms. The van der Waals surface area contributed by atoms with Gasteiger partial charge in [0.15, 0.2) is 16.6 Å². The number of nitrogens with one attached hydrogen (secondary N) is 1. The van der Waals surface area contributed by atoms with Crippen LogP contribution in [0.25, 0.3) is 5.69 Å².